The number of thiazole rings is 1. The summed E-state index contributed by atoms with van der Waals surface area (Å²) in [7, 11) is 0. The SMILES string of the molecule is O=C(O)c1csc(CNC(=O)C2CC(=O)N(c3ccccc3F)C2)n1. The molecular formula is C16H14FN3O4S. The van der Waals surface area contributed by atoms with Crippen molar-refractivity contribution in [2.45, 2.75) is 13.0 Å². The largest absolute Gasteiger partial charge is 0.476 e. The van der Waals surface area contributed by atoms with Crippen molar-refractivity contribution >= 4 is 34.8 Å². The van der Waals surface area contributed by atoms with E-state index in [0.29, 0.717) is 5.01 Å². The molecule has 0 bridgehead atoms. The average Bonchev–Trinajstić information content (AvgIpc) is 3.20. The van der Waals surface area contributed by atoms with Crippen LogP contribution in [0.4, 0.5) is 10.1 Å². The number of benzene rings is 1. The summed E-state index contributed by atoms with van der Waals surface area (Å²) < 4.78 is 13.8. The van der Waals surface area contributed by atoms with Crippen LogP contribution in [0.15, 0.2) is 29.6 Å². The highest BCUT2D eigenvalue weighted by molar-refractivity contribution is 7.09. The Labute approximate surface area is 146 Å². The molecule has 0 radical (unpaired) electrons. The summed E-state index contributed by atoms with van der Waals surface area (Å²) in [6.07, 6.45) is -0.00157. The van der Waals surface area contributed by atoms with Gasteiger partial charge in [-0.25, -0.2) is 14.2 Å². The number of aromatic carboxylic acids is 1. The van der Waals surface area contributed by atoms with E-state index in [1.54, 1.807) is 6.07 Å². The van der Waals surface area contributed by atoms with Crippen LogP contribution in [0.1, 0.15) is 21.9 Å². The first kappa shape index (κ1) is 17.0. The van der Waals surface area contributed by atoms with Gasteiger partial charge < -0.3 is 15.3 Å². The van der Waals surface area contributed by atoms with Gasteiger partial charge in [0, 0.05) is 18.3 Å². The number of rotatable bonds is 5. The number of nitrogens with one attached hydrogen (secondary N) is 1. The minimum atomic E-state index is -1.13. The monoisotopic (exact) mass is 363 g/mol. The zero-order chi connectivity index (χ0) is 18.0. The van der Waals surface area contributed by atoms with E-state index in [1.807, 2.05) is 0 Å². The fourth-order valence-electron chi connectivity index (χ4n) is 2.58. The second-order valence-electron chi connectivity index (χ2n) is 5.51. The van der Waals surface area contributed by atoms with Crippen molar-refractivity contribution in [3.8, 4) is 0 Å². The second kappa shape index (κ2) is 6.98. The molecule has 2 aromatic rings. The lowest BCUT2D eigenvalue weighted by Crippen LogP contribution is -2.32. The molecule has 1 aromatic carbocycles. The molecule has 1 saturated heterocycles. The van der Waals surface area contributed by atoms with Crippen LogP contribution in [-0.4, -0.2) is 34.4 Å². The summed E-state index contributed by atoms with van der Waals surface area (Å²) >= 11 is 1.13. The molecule has 0 spiro atoms. The van der Waals surface area contributed by atoms with Crippen molar-refractivity contribution in [1.29, 1.82) is 0 Å². The molecule has 0 saturated carbocycles. The molecule has 1 unspecified atom stereocenters. The fourth-order valence-corrected chi connectivity index (χ4v) is 3.29. The normalized spacial score (nSPS) is 16.9. The predicted molar refractivity (Wildman–Crippen MR) is 87.8 cm³/mol. The number of amides is 2. The second-order valence-corrected chi connectivity index (χ2v) is 6.45. The van der Waals surface area contributed by atoms with Crippen molar-refractivity contribution in [2.75, 3.05) is 11.4 Å². The highest BCUT2D eigenvalue weighted by Crippen LogP contribution is 2.27. The lowest BCUT2D eigenvalue weighted by atomic mass is 10.1. The molecule has 2 amide bonds. The van der Waals surface area contributed by atoms with Gasteiger partial charge in [0.2, 0.25) is 11.8 Å². The van der Waals surface area contributed by atoms with Crippen molar-refractivity contribution in [3.63, 3.8) is 0 Å². The van der Waals surface area contributed by atoms with Gasteiger partial charge in [-0.1, -0.05) is 12.1 Å². The van der Waals surface area contributed by atoms with E-state index in [2.05, 4.69) is 10.3 Å². The molecule has 1 fully saturated rings. The fraction of sp³-hybridized carbons (Fsp3) is 0.250. The van der Waals surface area contributed by atoms with Crippen molar-refractivity contribution < 1.29 is 23.9 Å². The molecule has 25 heavy (non-hydrogen) atoms. The van der Waals surface area contributed by atoms with Gasteiger partial charge in [-0.15, -0.1) is 11.3 Å². The number of aromatic nitrogens is 1. The molecule has 7 nitrogen and oxygen atoms in total. The highest BCUT2D eigenvalue weighted by atomic mass is 32.1. The van der Waals surface area contributed by atoms with Crippen LogP contribution in [0.2, 0.25) is 0 Å². The summed E-state index contributed by atoms with van der Waals surface area (Å²) in [5.74, 6) is -2.89. The number of para-hydroxylation sites is 1. The van der Waals surface area contributed by atoms with Gasteiger partial charge in [-0.3, -0.25) is 9.59 Å². The minimum Gasteiger partial charge on any atom is -0.476 e. The van der Waals surface area contributed by atoms with Crippen LogP contribution in [0.3, 0.4) is 0 Å². The summed E-state index contributed by atoms with van der Waals surface area (Å²) in [6, 6.07) is 5.92. The Bertz CT molecular complexity index is 838. The molecule has 1 atom stereocenters. The first-order valence-corrected chi connectivity index (χ1v) is 8.34. The van der Waals surface area contributed by atoms with Gasteiger partial charge in [-0.2, -0.15) is 0 Å². The smallest absolute Gasteiger partial charge is 0.355 e. The molecule has 0 aliphatic carbocycles. The number of hydrogen-bond acceptors (Lipinski definition) is 5. The maximum atomic E-state index is 13.8. The Balaban J connectivity index is 1.61. The Morgan fingerprint density at radius 1 is 1.40 bits per heavy atom. The number of hydrogen-bond donors (Lipinski definition) is 2. The zero-order valence-corrected chi connectivity index (χ0v) is 13.8. The number of carboxylic acids is 1. The van der Waals surface area contributed by atoms with Crippen molar-refractivity contribution in [2.24, 2.45) is 5.92 Å². The van der Waals surface area contributed by atoms with E-state index in [4.69, 9.17) is 5.11 Å². The molecular weight excluding hydrogens is 349 g/mol. The van der Waals surface area contributed by atoms with Crippen molar-refractivity contribution in [3.05, 3.63) is 46.2 Å². The van der Waals surface area contributed by atoms with Crippen LogP contribution < -0.4 is 10.2 Å². The number of nitrogens with zero attached hydrogens (tertiary/aromatic N) is 2. The van der Waals surface area contributed by atoms with Crippen LogP contribution >= 0.6 is 11.3 Å². The molecule has 2 heterocycles. The van der Waals surface area contributed by atoms with Gasteiger partial charge in [-0.05, 0) is 12.1 Å². The lowest BCUT2D eigenvalue weighted by molar-refractivity contribution is -0.126. The Morgan fingerprint density at radius 2 is 2.16 bits per heavy atom. The van der Waals surface area contributed by atoms with Crippen LogP contribution in [-0.2, 0) is 16.1 Å². The van der Waals surface area contributed by atoms with E-state index in [0.717, 1.165) is 11.3 Å². The van der Waals surface area contributed by atoms with E-state index < -0.39 is 17.7 Å². The van der Waals surface area contributed by atoms with E-state index in [9.17, 15) is 18.8 Å². The Hall–Kier alpha value is -2.81. The standard InChI is InChI=1S/C16H14FN3O4S/c17-10-3-1-2-4-12(10)20-7-9(5-14(20)21)15(22)18-6-13-19-11(8-25-13)16(23)24/h1-4,8-9H,5-7H2,(H,18,22)(H,23,24). The number of carboxylic acid groups (broad SMARTS) is 1. The number of anilines is 1. The van der Waals surface area contributed by atoms with Crippen molar-refractivity contribution in [1.82, 2.24) is 10.3 Å². The molecule has 3 rings (SSSR count). The zero-order valence-electron chi connectivity index (χ0n) is 12.9. The Kier molecular flexibility index (Phi) is 4.75. The average molecular weight is 363 g/mol. The summed E-state index contributed by atoms with van der Waals surface area (Å²) in [6.45, 7) is 0.186. The Morgan fingerprint density at radius 3 is 2.84 bits per heavy atom. The number of halogens is 1. The molecule has 9 heteroatoms. The molecule has 1 aliphatic heterocycles. The lowest BCUT2D eigenvalue weighted by Gasteiger charge is -2.17. The minimum absolute atomic E-state index is 0.00157. The molecule has 1 aromatic heterocycles. The topological polar surface area (TPSA) is 99.6 Å². The van der Waals surface area contributed by atoms with Crippen LogP contribution in [0.5, 0.6) is 0 Å². The summed E-state index contributed by atoms with van der Waals surface area (Å²) in [5.41, 5.74) is 0.0878. The third-order valence-electron chi connectivity index (χ3n) is 3.82. The van der Waals surface area contributed by atoms with E-state index in [1.165, 1.54) is 28.5 Å². The maximum Gasteiger partial charge on any atom is 0.355 e. The first-order chi connectivity index (χ1) is 12.0. The predicted octanol–water partition coefficient (Wildman–Crippen LogP) is 1.65. The van der Waals surface area contributed by atoms with Crippen LogP contribution in [0, 0.1) is 11.7 Å². The van der Waals surface area contributed by atoms with Gasteiger partial charge >= 0.3 is 5.97 Å². The van der Waals surface area contributed by atoms with E-state index >= 15 is 0 Å². The molecule has 130 valence electrons. The van der Waals surface area contributed by atoms with E-state index in [-0.39, 0.29) is 42.7 Å². The summed E-state index contributed by atoms with van der Waals surface area (Å²) in [4.78, 5) is 40.3. The number of carbonyl (C=O) groups excluding carboxylic acids is 2. The van der Waals surface area contributed by atoms with Gasteiger partial charge in [0.25, 0.3) is 0 Å². The third kappa shape index (κ3) is 3.66. The summed E-state index contributed by atoms with van der Waals surface area (Å²) in [5, 5.41) is 13.3. The molecule has 2 N–H and O–H groups in total. The highest BCUT2D eigenvalue weighted by Gasteiger charge is 2.36. The van der Waals surface area contributed by atoms with Gasteiger partial charge in [0.05, 0.1) is 18.2 Å². The number of carbonyl (C=O) groups is 3. The van der Waals surface area contributed by atoms with Gasteiger partial charge in [0.1, 0.15) is 10.8 Å². The third-order valence-corrected chi connectivity index (χ3v) is 4.67. The quantitative estimate of drug-likeness (QED) is 0.841. The first-order valence-electron chi connectivity index (χ1n) is 7.46. The maximum absolute atomic E-state index is 13.8. The van der Waals surface area contributed by atoms with Gasteiger partial charge in [0.15, 0.2) is 5.69 Å². The molecule has 1 aliphatic rings. The van der Waals surface area contributed by atoms with Crippen LogP contribution in [0.25, 0.3) is 0 Å².